The van der Waals surface area contributed by atoms with Gasteiger partial charge in [-0.2, -0.15) is 0 Å². The van der Waals surface area contributed by atoms with Crippen molar-refractivity contribution in [1.29, 1.82) is 0 Å². The number of sulfonamides is 1. The van der Waals surface area contributed by atoms with Crippen molar-refractivity contribution in [2.24, 2.45) is 0 Å². The molecule has 1 heterocycles. The van der Waals surface area contributed by atoms with E-state index in [0.717, 1.165) is 21.4 Å². The van der Waals surface area contributed by atoms with Gasteiger partial charge in [-0.05, 0) is 24.6 Å². The molecule has 0 fully saturated rings. The van der Waals surface area contributed by atoms with E-state index in [2.05, 4.69) is 25.6 Å². The molecule has 0 aliphatic heterocycles. The molecule has 2 aromatic rings. The lowest BCUT2D eigenvalue weighted by Gasteiger charge is -2.13. The molecule has 0 aliphatic carbocycles. The van der Waals surface area contributed by atoms with E-state index < -0.39 is 10.0 Å². The predicted octanol–water partition coefficient (Wildman–Crippen LogP) is 3.60. The molecule has 19 heavy (non-hydrogen) atoms. The van der Waals surface area contributed by atoms with Crippen LogP contribution in [0.15, 0.2) is 39.1 Å². The van der Waals surface area contributed by atoms with Crippen molar-refractivity contribution in [3.63, 3.8) is 0 Å². The zero-order chi connectivity index (χ0) is 14.0. The maximum atomic E-state index is 12.1. The summed E-state index contributed by atoms with van der Waals surface area (Å²) < 4.78 is 28.0. The molecule has 0 spiro atoms. The van der Waals surface area contributed by atoms with E-state index in [0.29, 0.717) is 0 Å². The number of rotatable bonds is 4. The van der Waals surface area contributed by atoms with E-state index in [1.807, 2.05) is 24.3 Å². The van der Waals surface area contributed by atoms with Gasteiger partial charge in [-0.1, -0.05) is 51.0 Å². The third-order valence-corrected chi connectivity index (χ3v) is 6.07. The second-order valence-electron chi connectivity index (χ2n) is 3.83. The third-order valence-electron chi connectivity index (χ3n) is 2.42. The summed E-state index contributed by atoms with van der Waals surface area (Å²) in [6.07, 6.45) is 1.25. The van der Waals surface area contributed by atoms with Crippen molar-refractivity contribution in [1.82, 2.24) is 9.71 Å². The molecule has 0 amide bonds. The van der Waals surface area contributed by atoms with Crippen LogP contribution >= 0.6 is 38.9 Å². The smallest absolute Gasteiger partial charge is 0.232 e. The van der Waals surface area contributed by atoms with Crippen LogP contribution in [0.4, 0.5) is 0 Å². The van der Waals surface area contributed by atoms with Gasteiger partial charge in [-0.3, -0.25) is 0 Å². The first-order valence-corrected chi connectivity index (χ1v) is 8.74. The van der Waals surface area contributed by atoms with E-state index >= 15 is 0 Å². The van der Waals surface area contributed by atoms with E-state index in [-0.39, 0.29) is 14.7 Å². The largest absolute Gasteiger partial charge is 0.252 e. The molecule has 8 heteroatoms. The molecule has 0 saturated carbocycles. The number of aromatic nitrogens is 1. The lowest BCUT2D eigenvalue weighted by atomic mass is 10.1. The average Bonchev–Trinajstić information content (AvgIpc) is 2.77. The van der Waals surface area contributed by atoms with E-state index in [1.165, 1.54) is 6.20 Å². The van der Waals surface area contributed by atoms with Crippen LogP contribution in [0, 0.1) is 0 Å². The first-order valence-electron chi connectivity index (χ1n) is 5.27. The van der Waals surface area contributed by atoms with Crippen LogP contribution in [-0.4, -0.2) is 13.4 Å². The van der Waals surface area contributed by atoms with Gasteiger partial charge in [0.1, 0.15) is 0 Å². The Bertz CT molecular complexity index is 670. The Morgan fingerprint density at radius 1 is 1.37 bits per heavy atom. The van der Waals surface area contributed by atoms with Crippen LogP contribution in [0.25, 0.3) is 0 Å². The van der Waals surface area contributed by atoms with Crippen LogP contribution in [0.2, 0.25) is 4.47 Å². The molecule has 102 valence electrons. The summed E-state index contributed by atoms with van der Waals surface area (Å²) in [7, 11) is -3.59. The number of thiazole rings is 1. The third kappa shape index (κ3) is 3.76. The molecule has 0 radical (unpaired) electrons. The van der Waals surface area contributed by atoms with E-state index in [1.54, 1.807) is 6.92 Å². The summed E-state index contributed by atoms with van der Waals surface area (Å²) in [5.41, 5.74) is 0.877. The Morgan fingerprint density at radius 2 is 2.00 bits per heavy atom. The Hall–Kier alpha value is -0.470. The highest BCUT2D eigenvalue weighted by molar-refractivity contribution is 9.10. The quantitative estimate of drug-likeness (QED) is 0.880. The molecule has 0 saturated heterocycles. The topological polar surface area (TPSA) is 59.1 Å². The molecule has 0 bridgehead atoms. The van der Waals surface area contributed by atoms with Gasteiger partial charge < -0.3 is 0 Å². The van der Waals surface area contributed by atoms with Crippen molar-refractivity contribution < 1.29 is 8.42 Å². The first kappa shape index (κ1) is 14.9. The Labute approximate surface area is 129 Å². The predicted molar refractivity (Wildman–Crippen MR) is 80.0 cm³/mol. The van der Waals surface area contributed by atoms with E-state index in [9.17, 15) is 8.42 Å². The standard InChI is InChI=1S/C11H10BrClN2O2S2/c1-7(8-2-4-9(12)5-3-8)15-19(16,17)10-6-14-11(13)18-10/h2-7,15H,1H3/t7-/m1/s1. The van der Waals surface area contributed by atoms with Crippen molar-refractivity contribution in [2.75, 3.05) is 0 Å². The molecule has 0 aliphatic rings. The molecule has 4 nitrogen and oxygen atoms in total. The Kier molecular flexibility index (Phi) is 4.62. The number of halogens is 2. The van der Waals surface area contributed by atoms with Crippen LogP contribution in [0.5, 0.6) is 0 Å². The van der Waals surface area contributed by atoms with Gasteiger partial charge in [-0.15, -0.1) is 0 Å². The van der Waals surface area contributed by atoms with Crippen molar-refractivity contribution in [3.8, 4) is 0 Å². The van der Waals surface area contributed by atoms with E-state index in [4.69, 9.17) is 11.6 Å². The van der Waals surface area contributed by atoms with Gasteiger partial charge in [0.15, 0.2) is 8.68 Å². The molecule has 1 N–H and O–H groups in total. The van der Waals surface area contributed by atoms with Gasteiger partial charge in [0.2, 0.25) is 0 Å². The minimum absolute atomic E-state index is 0.112. The normalized spacial score (nSPS) is 13.4. The molecular formula is C11H10BrClN2O2S2. The first-order chi connectivity index (χ1) is 8.88. The van der Waals surface area contributed by atoms with Crippen molar-refractivity contribution in [2.45, 2.75) is 17.2 Å². The van der Waals surface area contributed by atoms with Crippen LogP contribution in [0.3, 0.4) is 0 Å². The summed E-state index contributed by atoms with van der Waals surface area (Å²) in [6, 6.07) is 7.11. The highest BCUT2D eigenvalue weighted by atomic mass is 79.9. The lowest BCUT2D eigenvalue weighted by molar-refractivity contribution is 0.569. The summed E-state index contributed by atoms with van der Waals surface area (Å²) in [5.74, 6) is 0. The number of nitrogens with one attached hydrogen (secondary N) is 1. The minimum atomic E-state index is -3.59. The molecular weight excluding hydrogens is 372 g/mol. The van der Waals surface area contributed by atoms with Crippen LogP contribution in [0.1, 0.15) is 18.5 Å². The number of benzene rings is 1. The zero-order valence-electron chi connectivity index (χ0n) is 9.80. The van der Waals surface area contributed by atoms with Crippen LogP contribution < -0.4 is 4.72 Å². The highest BCUT2D eigenvalue weighted by Gasteiger charge is 2.20. The summed E-state index contributed by atoms with van der Waals surface area (Å²) >= 11 is 9.91. The summed E-state index contributed by atoms with van der Waals surface area (Å²) in [6.45, 7) is 1.78. The Balaban J connectivity index is 2.18. The maximum Gasteiger partial charge on any atom is 0.252 e. The highest BCUT2D eigenvalue weighted by Crippen LogP contribution is 2.24. The fourth-order valence-electron chi connectivity index (χ4n) is 1.47. The number of nitrogens with zero attached hydrogens (tertiary/aromatic N) is 1. The fraction of sp³-hybridized carbons (Fsp3) is 0.182. The lowest BCUT2D eigenvalue weighted by Crippen LogP contribution is -2.26. The van der Waals surface area contributed by atoms with Gasteiger partial charge in [-0.25, -0.2) is 18.1 Å². The molecule has 0 unspecified atom stereocenters. The second kappa shape index (κ2) is 5.88. The number of hydrogen-bond donors (Lipinski definition) is 1. The monoisotopic (exact) mass is 380 g/mol. The molecule has 1 aromatic heterocycles. The van der Waals surface area contributed by atoms with Crippen molar-refractivity contribution >= 4 is 48.9 Å². The fourth-order valence-corrected chi connectivity index (χ4v) is 4.28. The minimum Gasteiger partial charge on any atom is -0.232 e. The molecule has 1 aromatic carbocycles. The Morgan fingerprint density at radius 3 is 2.53 bits per heavy atom. The molecule has 2 rings (SSSR count). The summed E-state index contributed by atoms with van der Waals surface area (Å²) in [5, 5.41) is 0. The SMILES string of the molecule is C[C@@H](NS(=O)(=O)c1cnc(Cl)s1)c1ccc(Br)cc1. The molecule has 1 atom stereocenters. The van der Waals surface area contributed by atoms with Crippen molar-refractivity contribution in [3.05, 3.63) is 45.0 Å². The maximum absolute atomic E-state index is 12.1. The second-order valence-corrected chi connectivity index (χ2v) is 8.30. The van der Waals surface area contributed by atoms with Gasteiger partial charge in [0.05, 0.1) is 6.20 Å². The van der Waals surface area contributed by atoms with Crippen LogP contribution in [-0.2, 0) is 10.0 Å². The van der Waals surface area contributed by atoms with Gasteiger partial charge in [0.25, 0.3) is 10.0 Å². The van der Waals surface area contributed by atoms with Gasteiger partial charge >= 0.3 is 0 Å². The summed E-state index contributed by atoms with van der Waals surface area (Å²) in [4.78, 5) is 3.73. The van der Waals surface area contributed by atoms with Gasteiger partial charge in [0, 0.05) is 10.5 Å². The average molecular weight is 382 g/mol. The number of hydrogen-bond acceptors (Lipinski definition) is 4. The zero-order valence-corrected chi connectivity index (χ0v) is 13.8.